The molecule has 0 unspecified atom stereocenters. The maximum atomic E-state index is 6.44. The lowest BCUT2D eigenvalue weighted by molar-refractivity contribution is -0.0190. The highest BCUT2D eigenvalue weighted by Gasteiger charge is 2.40. The van der Waals surface area contributed by atoms with Crippen LogP contribution < -0.4 is 4.74 Å². The molecule has 0 radical (unpaired) electrons. The third-order valence-electron chi connectivity index (χ3n) is 5.92. The number of hydrazone groups is 1. The molecule has 30 heavy (non-hydrogen) atoms. The van der Waals surface area contributed by atoms with Gasteiger partial charge < -0.3 is 4.74 Å². The van der Waals surface area contributed by atoms with E-state index in [1.54, 1.807) is 0 Å². The molecule has 0 aromatic heterocycles. The molecular weight excluding hydrogens is 436 g/mol. The van der Waals surface area contributed by atoms with E-state index in [-0.39, 0.29) is 12.3 Å². The molecule has 4 heteroatoms. The molecule has 4 aromatic rings. The largest absolute Gasteiger partial charge is 0.464 e. The first-order valence-electron chi connectivity index (χ1n) is 10.1. The fourth-order valence-corrected chi connectivity index (χ4v) is 4.87. The normalized spacial score (nSPS) is 19.8. The first-order valence-corrected chi connectivity index (χ1v) is 10.9. The van der Waals surface area contributed by atoms with Gasteiger partial charge in [-0.3, -0.25) is 0 Å². The molecule has 0 saturated heterocycles. The van der Waals surface area contributed by atoms with E-state index in [1.807, 2.05) is 18.2 Å². The van der Waals surface area contributed by atoms with Crippen LogP contribution in [0.5, 0.6) is 5.75 Å². The lowest BCUT2D eigenvalue weighted by Gasteiger charge is -2.38. The number of ether oxygens (including phenoxy) is 1. The first kappa shape index (κ1) is 17.7. The Morgan fingerprint density at radius 3 is 2.57 bits per heavy atom. The Hall–Kier alpha value is -3.11. The second-order valence-corrected chi connectivity index (χ2v) is 8.69. The van der Waals surface area contributed by atoms with Gasteiger partial charge in [-0.1, -0.05) is 82.7 Å². The summed E-state index contributed by atoms with van der Waals surface area (Å²) in [6.07, 6.45) is 0.615. The van der Waals surface area contributed by atoms with Gasteiger partial charge in [0.15, 0.2) is 0 Å². The van der Waals surface area contributed by atoms with Crippen molar-refractivity contribution in [3.05, 3.63) is 112 Å². The summed E-state index contributed by atoms with van der Waals surface area (Å²) in [5, 5.41) is 9.70. The summed E-state index contributed by atoms with van der Waals surface area (Å²) in [5.74, 6) is 0.943. The minimum Gasteiger partial charge on any atom is -0.464 e. The van der Waals surface area contributed by atoms with E-state index in [9.17, 15) is 0 Å². The Morgan fingerprint density at radius 2 is 1.67 bits per heavy atom. The van der Waals surface area contributed by atoms with Crippen molar-refractivity contribution in [2.45, 2.75) is 18.7 Å². The molecule has 2 aliphatic heterocycles. The molecule has 2 atom stereocenters. The summed E-state index contributed by atoms with van der Waals surface area (Å²) in [6, 6.07) is 31.9. The number of halogens is 1. The van der Waals surface area contributed by atoms with E-state index < -0.39 is 0 Å². The Kier molecular flexibility index (Phi) is 4.13. The smallest absolute Gasteiger partial charge is 0.213 e. The number of nitrogens with zero attached hydrogens (tertiary/aromatic N) is 2. The Balaban J connectivity index is 1.45. The molecule has 4 aromatic carbocycles. The first-order chi connectivity index (χ1) is 14.8. The standard InChI is InChI=1S/C26H19BrN2O/c27-21-9-5-8-20(15-21)26-29-24(22-10-3-4-11-25(22)30-26)16-23(28-29)19-13-12-17-6-1-2-7-18(17)14-19/h1-15,24,26H,16H2/t24-,26+/m0/s1. The van der Waals surface area contributed by atoms with Crippen molar-refractivity contribution >= 4 is 32.4 Å². The van der Waals surface area contributed by atoms with Gasteiger partial charge in [-0.15, -0.1) is 0 Å². The third kappa shape index (κ3) is 2.91. The summed E-state index contributed by atoms with van der Waals surface area (Å²) in [5.41, 5.74) is 4.57. The van der Waals surface area contributed by atoms with E-state index in [0.717, 1.165) is 27.9 Å². The van der Waals surface area contributed by atoms with Gasteiger partial charge in [0.05, 0.1) is 11.8 Å². The predicted molar refractivity (Wildman–Crippen MR) is 124 cm³/mol. The average molecular weight is 455 g/mol. The minimum atomic E-state index is -0.250. The molecule has 0 saturated carbocycles. The topological polar surface area (TPSA) is 24.8 Å². The fourth-order valence-electron chi connectivity index (χ4n) is 4.46. The zero-order chi connectivity index (χ0) is 20.1. The molecular formula is C26H19BrN2O. The molecule has 6 rings (SSSR count). The Bertz CT molecular complexity index is 1300. The maximum Gasteiger partial charge on any atom is 0.213 e. The van der Waals surface area contributed by atoms with Gasteiger partial charge in [0.2, 0.25) is 6.23 Å². The summed E-state index contributed by atoms with van der Waals surface area (Å²) >= 11 is 3.59. The zero-order valence-electron chi connectivity index (χ0n) is 16.2. The molecule has 0 bridgehead atoms. The highest BCUT2D eigenvalue weighted by Crippen LogP contribution is 2.47. The van der Waals surface area contributed by atoms with Gasteiger partial charge in [-0.2, -0.15) is 5.10 Å². The lowest BCUT2D eigenvalue weighted by Crippen LogP contribution is -2.33. The number of hydrogen-bond acceptors (Lipinski definition) is 3. The lowest BCUT2D eigenvalue weighted by atomic mass is 9.95. The summed E-state index contributed by atoms with van der Waals surface area (Å²) in [6.45, 7) is 0. The number of fused-ring (bicyclic) bond motifs is 4. The van der Waals surface area contributed by atoms with E-state index in [4.69, 9.17) is 9.84 Å². The molecule has 2 aliphatic rings. The maximum absolute atomic E-state index is 6.44. The van der Waals surface area contributed by atoms with E-state index in [0.29, 0.717) is 0 Å². The van der Waals surface area contributed by atoms with Crippen molar-refractivity contribution in [1.82, 2.24) is 5.01 Å². The van der Waals surface area contributed by atoms with Crippen molar-refractivity contribution in [3.63, 3.8) is 0 Å². The van der Waals surface area contributed by atoms with Crippen molar-refractivity contribution in [3.8, 4) is 5.75 Å². The summed E-state index contributed by atoms with van der Waals surface area (Å²) in [4.78, 5) is 0. The highest BCUT2D eigenvalue weighted by atomic mass is 79.9. The van der Waals surface area contributed by atoms with Gasteiger partial charge in [-0.25, -0.2) is 5.01 Å². The zero-order valence-corrected chi connectivity index (χ0v) is 17.8. The van der Waals surface area contributed by atoms with Crippen LogP contribution in [0.15, 0.2) is 101 Å². The van der Waals surface area contributed by atoms with Gasteiger partial charge in [0.1, 0.15) is 5.75 Å². The number of benzene rings is 4. The summed E-state index contributed by atoms with van der Waals surface area (Å²) in [7, 11) is 0. The van der Waals surface area contributed by atoms with Crippen molar-refractivity contribution in [1.29, 1.82) is 0 Å². The van der Waals surface area contributed by atoms with Crippen LogP contribution >= 0.6 is 15.9 Å². The quantitative estimate of drug-likeness (QED) is 0.331. The number of para-hydroxylation sites is 1. The summed E-state index contributed by atoms with van der Waals surface area (Å²) < 4.78 is 7.48. The average Bonchev–Trinajstić information content (AvgIpc) is 3.24. The van der Waals surface area contributed by atoms with Gasteiger partial charge in [0, 0.05) is 22.0 Å². The van der Waals surface area contributed by atoms with Gasteiger partial charge >= 0.3 is 0 Å². The second kappa shape index (κ2) is 6.99. The van der Waals surface area contributed by atoms with Crippen LogP contribution in [0.25, 0.3) is 10.8 Å². The van der Waals surface area contributed by atoms with Crippen LogP contribution in [0.1, 0.15) is 35.4 Å². The van der Waals surface area contributed by atoms with Crippen LogP contribution in [0.3, 0.4) is 0 Å². The molecule has 2 heterocycles. The molecule has 0 spiro atoms. The molecule has 0 amide bonds. The predicted octanol–water partition coefficient (Wildman–Crippen LogP) is 6.84. The Labute approximate surface area is 183 Å². The van der Waals surface area contributed by atoms with Crippen molar-refractivity contribution in [2.24, 2.45) is 5.10 Å². The van der Waals surface area contributed by atoms with Crippen LogP contribution in [0.2, 0.25) is 0 Å². The number of rotatable bonds is 2. The molecule has 3 nitrogen and oxygen atoms in total. The monoisotopic (exact) mass is 454 g/mol. The van der Waals surface area contributed by atoms with E-state index in [1.165, 1.54) is 21.9 Å². The van der Waals surface area contributed by atoms with Crippen LogP contribution in [0, 0.1) is 0 Å². The Morgan fingerprint density at radius 1 is 0.833 bits per heavy atom. The fraction of sp³-hybridized carbons (Fsp3) is 0.115. The third-order valence-corrected chi connectivity index (χ3v) is 6.41. The molecule has 0 N–H and O–H groups in total. The molecule has 146 valence electrons. The van der Waals surface area contributed by atoms with Crippen LogP contribution in [0.4, 0.5) is 0 Å². The second-order valence-electron chi connectivity index (χ2n) is 7.77. The SMILES string of the molecule is Brc1cccc([C@H]2Oc3ccccc3[C@@H]3CC(c4ccc5ccccc5c4)=NN23)c1. The van der Waals surface area contributed by atoms with Crippen molar-refractivity contribution in [2.75, 3.05) is 0 Å². The van der Waals surface area contributed by atoms with Gasteiger partial charge in [0.25, 0.3) is 0 Å². The minimum absolute atomic E-state index is 0.167. The van der Waals surface area contributed by atoms with E-state index >= 15 is 0 Å². The molecule has 0 fully saturated rings. The van der Waals surface area contributed by atoms with Gasteiger partial charge in [-0.05, 0) is 40.6 Å². The highest BCUT2D eigenvalue weighted by molar-refractivity contribution is 9.10. The van der Waals surface area contributed by atoms with Crippen molar-refractivity contribution < 1.29 is 4.74 Å². The van der Waals surface area contributed by atoms with Crippen LogP contribution in [-0.2, 0) is 0 Å². The van der Waals surface area contributed by atoms with Crippen LogP contribution in [-0.4, -0.2) is 10.7 Å². The molecule has 0 aliphatic carbocycles. The number of hydrogen-bond donors (Lipinski definition) is 0. The van der Waals surface area contributed by atoms with E-state index in [2.05, 4.69) is 93.7 Å².